The molecule has 0 aromatic carbocycles. The Morgan fingerprint density at radius 1 is 1.67 bits per heavy atom. The topological polar surface area (TPSA) is 42.4 Å². The third-order valence-corrected chi connectivity index (χ3v) is 1.69. The zero-order valence-corrected chi connectivity index (χ0v) is 7.32. The van der Waals surface area contributed by atoms with Gasteiger partial charge in [0.25, 0.3) is 0 Å². The molecule has 12 heavy (non-hydrogen) atoms. The normalized spacial score (nSPS) is 12.9. The first-order chi connectivity index (χ1) is 5.75. The number of rotatable bonds is 3. The van der Waals surface area contributed by atoms with Crippen LogP contribution in [0.25, 0.3) is 0 Å². The third kappa shape index (κ3) is 2.03. The predicted molar refractivity (Wildman–Crippen MR) is 45.6 cm³/mol. The summed E-state index contributed by atoms with van der Waals surface area (Å²) in [4.78, 5) is 3.96. The summed E-state index contributed by atoms with van der Waals surface area (Å²) in [5.74, 6) is 0. The molecule has 1 aromatic heterocycles. The lowest BCUT2D eigenvalue weighted by atomic mass is 10.1. The molecular weight excluding hydrogens is 154 g/mol. The Labute approximate surface area is 72.0 Å². The molecule has 0 spiro atoms. The van der Waals surface area contributed by atoms with Crippen LogP contribution in [0.15, 0.2) is 18.5 Å². The van der Waals surface area contributed by atoms with E-state index in [1.165, 1.54) is 0 Å². The quantitative estimate of drug-likeness (QED) is 0.737. The monoisotopic (exact) mass is 167 g/mol. The zero-order valence-electron chi connectivity index (χ0n) is 7.32. The van der Waals surface area contributed by atoms with Gasteiger partial charge in [0.15, 0.2) is 0 Å². The van der Waals surface area contributed by atoms with Crippen LogP contribution < -0.4 is 0 Å². The zero-order chi connectivity index (χ0) is 8.97. The second-order valence-corrected chi connectivity index (χ2v) is 2.68. The SMILES string of the molecule is COCc1cnccc1C(C)O. The van der Waals surface area contributed by atoms with E-state index in [0.29, 0.717) is 6.61 Å². The van der Waals surface area contributed by atoms with Crippen molar-refractivity contribution in [3.05, 3.63) is 29.6 Å². The van der Waals surface area contributed by atoms with E-state index < -0.39 is 6.10 Å². The van der Waals surface area contributed by atoms with Crippen molar-refractivity contribution in [1.29, 1.82) is 0 Å². The summed E-state index contributed by atoms with van der Waals surface area (Å²) in [5, 5.41) is 9.35. The number of hydrogen-bond donors (Lipinski definition) is 1. The van der Waals surface area contributed by atoms with Gasteiger partial charge < -0.3 is 9.84 Å². The number of ether oxygens (including phenoxy) is 1. The molecule has 0 bridgehead atoms. The van der Waals surface area contributed by atoms with E-state index >= 15 is 0 Å². The van der Waals surface area contributed by atoms with Gasteiger partial charge in [-0.1, -0.05) is 0 Å². The van der Waals surface area contributed by atoms with Crippen molar-refractivity contribution in [2.24, 2.45) is 0 Å². The Hall–Kier alpha value is -0.930. The summed E-state index contributed by atoms with van der Waals surface area (Å²) in [7, 11) is 1.62. The molecule has 0 radical (unpaired) electrons. The van der Waals surface area contributed by atoms with Crippen LogP contribution in [0.5, 0.6) is 0 Å². The molecule has 1 atom stereocenters. The number of methoxy groups -OCH3 is 1. The van der Waals surface area contributed by atoms with Crippen LogP contribution in [0.3, 0.4) is 0 Å². The molecule has 3 heteroatoms. The highest BCUT2D eigenvalue weighted by atomic mass is 16.5. The summed E-state index contributed by atoms with van der Waals surface area (Å²) in [6, 6.07) is 1.80. The van der Waals surface area contributed by atoms with Crippen LogP contribution >= 0.6 is 0 Å². The van der Waals surface area contributed by atoms with E-state index in [4.69, 9.17) is 4.74 Å². The number of hydrogen-bond acceptors (Lipinski definition) is 3. The maximum atomic E-state index is 9.35. The molecule has 1 N–H and O–H groups in total. The molecule has 3 nitrogen and oxygen atoms in total. The van der Waals surface area contributed by atoms with Gasteiger partial charge in [-0.05, 0) is 18.6 Å². The fraction of sp³-hybridized carbons (Fsp3) is 0.444. The summed E-state index contributed by atoms with van der Waals surface area (Å²) < 4.78 is 4.97. The van der Waals surface area contributed by atoms with Crippen LogP contribution in [0.4, 0.5) is 0 Å². The lowest BCUT2D eigenvalue weighted by Gasteiger charge is -2.09. The van der Waals surface area contributed by atoms with Crippen LogP contribution in [-0.2, 0) is 11.3 Å². The summed E-state index contributed by atoms with van der Waals surface area (Å²) >= 11 is 0. The van der Waals surface area contributed by atoms with Gasteiger partial charge in [-0.25, -0.2) is 0 Å². The first-order valence-electron chi connectivity index (χ1n) is 3.85. The fourth-order valence-electron chi connectivity index (χ4n) is 1.12. The highest BCUT2D eigenvalue weighted by Crippen LogP contribution is 2.16. The minimum atomic E-state index is -0.460. The first-order valence-corrected chi connectivity index (χ1v) is 3.85. The highest BCUT2D eigenvalue weighted by molar-refractivity contribution is 5.24. The van der Waals surface area contributed by atoms with Crippen molar-refractivity contribution >= 4 is 0 Å². The van der Waals surface area contributed by atoms with Crippen molar-refractivity contribution in [2.75, 3.05) is 7.11 Å². The minimum Gasteiger partial charge on any atom is -0.389 e. The molecule has 0 saturated heterocycles. The van der Waals surface area contributed by atoms with Crippen LogP contribution in [0.2, 0.25) is 0 Å². The number of nitrogens with zero attached hydrogens (tertiary/aromatic N) is 1. The van der Waals surface area contributed by atoms with Crippen molar-refractivity contribution < 1.29 is 9.84 Å². The van der Waals surface area contributed by atoms with Gasteiger partial charge in [-0.15, -0.1) is 0 Å². The number of aliphatic hydroxyl groups is 1. The van der Waals surface area contributed by atoms with Crippen molar-refractivity contribution in [3.8, 4) is 0 Å². The van der Waals surface area contributed by atoms with Gasteiger partial charge in [0.05, 0.1) is 12.7 Å². The van der Waals surface area contributed by atoms with Crippen LogP contribution in [-0.4, -0.2) is 17.2 Å². The van der Waals surface area contributed by atoms with E-state index in [-0.39, 0.29) is 0 Å². The molecule has 1 unspecified atom stereocenters. The van der Waals surface area contributed by atoms with Crippen molar-refractivity contribution in [3.63, 3.8) is 0 Å². The second-order valence-electron chi connectivity index (χ2n) is 2.68. The maximum Gasteiger partial charge on any atom is 0.0766 e. The highest BCUT2D eigenvalue weighted by Gasteiger charge is 2.06. The van der Waals surface area contributed by atoms with E-state index in [1.807, 2.05) is 0 Å². The van der Waals surface area contributed by atoms with E-state index in [2.05, 4.69) is 4.98 Å². The first kappa shape index (κ1) is 9.16. The standard InChI is InChI=1S/C9H13NO2/c1-7(11)9-3-4-10-5-8(9)6-12-2/h3-5,7,11H,6H2,1-2H3. The molecule has 0 aliphatic carbocycles. The molecule has 0 aliphatic rings. The van der Waals surface area contributed by atoms with Gasteiger partial charge in [0, 0.05) is 25.1 Å². The molecule has 0 aliphatic heterocycles. The Morgan fingerprint density at radius 3 is 3.00 bits per heavy atom. The van der Waals surface area contributed by atoms with Gasteiger partial charge in [0.1, 0.15) is 0 Å². The van der Waals surface area contributed by atoms with Crippen molar-refractivity contribution in [2.45, 2.75) is 19.6 Å². The summed E-state index contributed by atoms with van der Waals surface area (Å²) in [5.41, 5.74) is 1.82. The van der Waals surface area contributed by atoms with Gasteiger partial charge >= 0.3 is 0 Å². The largest absolute Gasteiger partial charge is 0.389 e. The molecule has 1 aromatic rings. The summed E-state index contributed by atoms with van der Waals surface area (Å²) in [6.07, 6.45) is 2.92. The molecule has 0 amide bonds. The molecule has 66 valence electrons. The molecular formula is C9H13NO2. The van der Waals surface area contributed by atoms with E-state index in [9.17, 15) is 5.11 Å². The fourth-order valence-corrected chi connectivity index (χ4v) is 1.12. The van der Waals surface area contributed by atoms with E-state index in [0.717, 1.165) is 11.1 Å². The number of pyridine rings is 1. The van der Waals surface area contributed by atoms with Gasteiger partial charge in [-0.2, -0.15) is 0 Å². The number of aromatic nitrogens is 1. The maximum absolute atomic E-state index is 9.35. The molecule has 1 heterocycles. The van der Waals surface area contributed by atoms with Crippen LogP contribution in [0, 0.1) is 0 Å². The van der Waals surface area contributed by atoms with Crippen molar-refractivity contribution in [1.82, 2.24) is 4.98 Å². The third-order valence-electron chi connectivity index (χ3n) is 1.69. The molecule has 0 saturated carbocycles. The van der Waals surface area contributed by atoms with Crippen LogP contribution in [0.1, 0.15) is 24.2 Å². The second kappa shape index (κ2) is 4.18. The predicted octanol–water partition coefficient (Wildman–Crippen LogP) is 1.28. The lowest BCUT2D eigenvalue weighted by Crippen LogP contribution is -2.00. The Bertz CT molecular complexity index is 248. The number of aliphatic hydroxyl groups excluding tert-OH is 1. The molecule has 1 rings (SSSR count). The van der Waals surface area contributed by atoms with Gasteiger partial charge in [-0.3, -0.25) is 4.98 Å². The molecule has 0 fully saturated rings. The Kier molecular flexibility index (Phi) is 3.19. The smallest absolute Gasteiger partial charge is 0.0766 e. The summed E-state index contributed by atoms with van der Waals surface area (Å²) in [6.45, 7) is 2.22. The lowest BCUT2D eigenvalue weighted by molar-refractivity contribution is 0.170. The average molecular weight is 167 g/mol. The minimum absolute atomic E-state index is 0.460. The van der Waals surface area contributed by atoms with E-state index in [1.54, 1.807) is 32.5 Å². The van der Waals surface area contributed by atoms with Gasteiger partial charge in [0.2, 0.25) is 0 Å². The Balaban J connectivity index is 2.92. The average Bonchev–Trinajstić information content (AvgIpc) is 2.05. The Morgan fingerprint density at radius 2 is 2.42 bits per heavy atom.